The van der Waals surface area contributed by atoms with E-state index in [4.69, 9.17) is 14.5 Å². The lowest BCUT2D eigenvalue weighted by molar-refractivity contribution is -0.115. The van der Waals surface area contributed by atoms with Gasteiger partial charge in [0.2, 0.25) is 5.91 Å². The molecule has 1 aliphatic heterocycles. The molecule has 35 heavy (non-hydrogen) atoms. The summed E-state index contributed by atoms with van der Waals surface area (Å²) in [6, 6.07) is 20.4. The van der Waals surface area contributed by atoms with Crippen molar-refractivity contribution in [3.63, 3.8) is 0 Å². The molecule has 0 aromatic heterocycles. The number of nitrogens with one attached hydrogen (secondary N) is 1. The van der Waals surface area contributed by atoms with Gasteiger partial charge in [-0.2, -0.15) is 0 Å². The molecule has 1 aliphatic rings. The standard InChI is InChI=1S/C27H28N4O4/c1-30(2)27(33)31(3)19-13-11-18(12-14-19)28-25(17-9-7-6-8-10-17)24-20-15-22(34-4)23(35-5)16-21(20)29-26(24)32/h6-16,24H,1-5H3,(H,29,32). The molecule has 3 aromatic rings. The second-order valence-electron chi connectivity index (χ2n) is 8.33. The Hall–Kier alpha value is -4.33. The van der Waals surface area contributed by atoms with Crippen LogP contribution < -0.4 is 19.7 Å². The number of hydrogen-bond acceptors (Lipinski definition) is 5. The molecular weight excluding hydrogens is 444 g/mol. The number of rotatable bonds is 6. The van der Waals surface area contributed by atoms with Crippen LogP contribution in [-0.2, 0) is 4.79 Å². The lowest BCUT2D eigenvalue weighted by Crippen LogP contribution is -2.36. The fourth-order valence-electron chi connectivity index (χ4n) is 4.06. The van der Waals surface area contributed by atoms with E-state index in [1.807, 2.05) is 60.7 Å². The highest BCUT2D eigenvalue weighted by atomic mass is 16.5. The fourth-order valence-corrected chi connectivity index (χ4v) is 4.06. The third kappa shape index (κ3) is 4.68. The lowest BCUT2D eigenvalue weighted by Gasteiger charge is -2.22. The number of nitrogens with zero attached hydrogens (tertiary/aromatic N) is 3. The Kier molecular flexibility index (Phi) is 6.73. The van der Waals surface area contributed by atoms with Crippen molar-refractivity contribution in [3.05, 3.63) is 77.9 Å². The first-order chi connectivity index (χ1) is 16.8. The highest BCUT2D eigenvalue weighted by Crippen LogP contribution is 2.42. The normalized spacial score (nSPS) is 14.7. The number of carbonyl (C=O) groups excluding carboxylic acids is 2. The number of methoxy groups -OCH3 is 2. The van der Waals surface area contributed by atoms with Crippen molar-refractivity contribution in [2.45, 2.75) is 5.92 Å². The summed E-state index contributed by atoms with van der Waals surface area (Å²) >= 11 is 0. The molecule has 0 radical (unpaired) electrons. The van der Waals surface area contributed by atoms with Crippen LogP contribution in [0.1, 0.15) is 17.0 Å². The largest absolute Gasteiger partial charge is 0.493 e. The van der Waals surface area contributed by atoms with E-state index in [9.17, 15) is 9.59 Å². The highest BCUT2D eigenvalue weighted by molar-refractivity contribution is 6.24. The molecule has 3 aromatic carbocycles. The van der Waals surface area contributed by atoms with Gasteiger partial charge in [0.05, 0.1) is 25.6 Å². The van der Waals surface area contributed by atoms with Crippen molar-refractivity contribution in [2.24, 2.45) is 4.99 Å². The number of aliphatic imine (C=N–C) groups is 1. The summed E-state index contributed by atoms with van der Waals surface area (Å²) in [5.41, 5.74) is 4.28. The summed E-state index contributed by atoms with van der Waals surface area (Å²) in [4.78, 5) is 33.5. The molecule has 0 fully saturated rings. The summed E-state index contributed by atoms with van der Waals surface area (Å²) in [6.45, 7) is 0. The number of anilines is 2. The minimum Gasteiger partial charge on any atom is -0.493 e. The van der Waals surface area contributed by atoms with E-state index in [1.165, 1.54) is 4.90 Å². The number of amides is 3. The first-order valence-corrected chi connectivity index (χ1v) is 11.1. The number of fused-ring (bicyclic) bond motifs is 1. The Morgan fingerprint density at radius 3 is 2.14 bits per heavy atom. The maximum atomic E-state index is 13.2. The van der Waals surface area contributed by atoms with Crippen LogP contribution in [-0.4, -0.2) is 57.9 Å². The first-order valence-electron chi connectivity index (χ1n) is 11.1. The van der Waals surface area contributed by atoms with E-state index in [0.717, 1.165) is 16.8 Å². The number of carbonyl (C=O) groups is 2. The summed E-state index contributed by atoms with van der Waals surface area (Å²) in [7, 11) is 8.26. The van der Waals surface area contributed by atoms with E-state index < -0.39 is 5.92 Å². The quantitative estimate of drug-likeness (QED) is 0.528. The van der Waals surface area contributed by atoms with Crippen molar-refractivity contribution in [1.82, 2.24) is 4.90 Å². The Morgan fingerprint density at radius 2 is 1.54 bits per heavy atom. The third-order valence-electron chi connectivity index (χ3n) is 5.89. The van der Waals surface area contributed by atoms with Crippen LogP contribution in [0.3, 0.4) is 0 Å². The van der Waals surface area contributed by atoms with Gasteiger partial charge in [0, 0.05) is 38.6 Å². The summed E-state index contributed by atoms with van der Waals surface area (Å²) < 4.78 is 10.9. The molecule has 0 bridgehead atoms. The summed E-state index contributed by atoms with van der Waals surface area (Å²) in [6.07, 6.45) is 0. The van der Waals surface area contributed by atoms with E-state index in [-0.39, 0.29) is 11.9 Å². The van der Waals surface area contributed by atoms with E-state index in [1.54, 1.807) is 46.3 Å². The topological polar surface area (TPSA) is 83.5 Å². The smallest absolute Gasteiger partial charge is 0.323 e. The van der Waals surface area contributed by atoms with Gasteiger partial charge in [-0.05, 0) is 41.5 Å². The maximum Gasteiger partial charge on any atom is 0.323 e. The van der Waals surface area contributed by atoms with Gasteiger partial charge < -0.3 is 19.7 Å². The van der Waals surface area contributed by atoms with Gasteiger partial charge in [0.1, 0.15) is 5.92 Å². The number of urea groups is 1. The molecule has 0 spiro atoms. The number of hydrogen-bond donors (Lipinski definition) is 1. The zero-order chi connectivity index (χ0) is 25.1. The van der Waals surface area contributed by atoms with Gasteiger partial charge in [-0.25, -0.2) is 4.79 Å². The molecule has 0 saturated heterocycles. The van der Waals surface area contributed by atoms with Gasteiger partial charge in [0.15, 0.2) is 11.5 Å². The Labute approximate surface area is 204 Å². The zero-order valence-corrected chi connectivity index (χ0v) is 20.4. The Morgan fingerprint density at radius 1 is 0.914 bits per heavy atom. The molecule has 1 N–H and O–H groups in total. The second kappa shape index (κ2) is 9.89. The van der Waals surface area contributed by atoms with Crippen LogP contribution in [0.15, 0.2) is 71.7 Å². The average molecular weight is 473 g/mol. The summed E-state index contributed by atoms with van der Waals surface area (Å²) in [5, 5.41) is 2.95. The van der Waals surface area contributed by atoms with Crippen molar-refractivity contribution < 1.29 is 19.1 Å². The monoisotopic (exact) mass is 472 g/mol. The van der Waals surface area contributed by atoms with Crippen molar-refractivity contribution in [3.8, 4) is 11.5 Å². The zero-order valence-electron chi connectivity index (χ0n) is 20.4. The minimum absolute atomic E-state index is 0.130. The molecule has 0 saturated carbocycles. The predicted molar refractivity (Wildman–Crippen MR) is 137 cm³/mol. The molecule has 180 valence electrons. The van der Waals surface area contributed by atoms with Gasteiger partial charge in [-0.3, -0.25) is 14.7 Å². The van der Waals surface area contributed by atoms with Crippen LogP contribution in [0.2, 0.25) is 0 Å². The first kappa shape index (κ1) is 23.8. The molecule has 8 heteroatoms. The molecule has 3 amide bonds. The van der Waals surface area contributed by atoms with Crippen LogP contribution in [0, 0.1) is 0 Å². The third-order valence-corrected chi connectivity index (χ3v) is 5.89. The minimum atomic E-state index is -0.634. The van der Waals surface area contributed by atoms with E-state index >= 15 is 0 Å². The molecular formula is C27H28N4O4. The SMILES string of the molecule is COc1cc2c(cc1OC)C(C(=Nc1ccc(N(C)C(=O)N(C)C)cc1)c1ccccc1)C(=O)N2. The van der Waals surface area contributed by atoms with Crippen LogP contribution in [0.4, 0.5) is 21.9 Å². The van der Waals surface area contributed by atoms with E-state index in [2.05, 4.69) is 5.32 Å². The van der Waals surface area contributed by atoms with Crippen LogP contribution in [0.5, 0.6) is 11.5 Å². The lowest BCUT2D eigenvalue weighted by atomic mass is 9.90. The Bertz CT molecular complexity index is 1270. The average Bonchev–Trinajstić information content (AvgIpc) is 3.20. The highest BCUT2D eigenvalue weighted by Gasteiger charge is 2.36. The summed E-state index contributed by atoms with van der Waals surface area (Å²) in [5.74, 6) is 0.270. The van der Waals surface area contributed by atoms with Gasteiger partial charge in [-0.15, -0.1) is 0 Å². The van der Waals surface area contributed by atoms with Crippen molar-refractivity contribution >= 4 is 34.7 Å². The number of benzene rings is 3. The van der Waals surface area contributed by atoms with Crippen molar-refractivity contribution in [1.29, 1.82) is 0 Å². The van der Waals surface area contributed by atoms with Crippen LogP contribution in [0.25, 0.3) is 0 Å². The molecule has 8 nitrogen and oxygen atoms in total. The fraction of sp³-hybridized carbons (Fsp3) is 0.222. The molecule has 1 heterocycles. The van der Waals surface area contributed by atoms with Crippen molar-refractivity contribution in [2.75, 3.05) is 45.6 Å². The predicted octanol–water partition coefficient (Wildman–Crippen LogP) is 4.68. The van der Waals surface area contributed by atoms with Gasteiger partial charge in [0.25, 0.3) is 0 Å². The molecule has 1 unspecified atom stereocenters. The number of ether oxygens (including phenoxy) is 2. The van der Waals surface area contributed by atoms with E-state index in [0.29, 0.717) is 28.6 Å². The van der Waals surface area contributed by atoms with Gasteiger partial charge in [-0.1, -0.05) is 30.3 Å². The van der Waals surface area contributed by atoms with Gasteiger partial charge >= 0.3 is 6.03 Å². The molecule has 0 aliphatic carbocycles. The molecule has 4 rings (SSSR count). The maximum absolute atomic E-state index is 13.2. The molecule has 1 atom stereocenters. The van der Waals surface area contributed by atoms with Crippen LogP contribution >= 0.6 is 0 Å². The Balaban J connectivity index is 1.78. The second-order valence-corrected chi connectivity index (χ2v) is 8.33.